The highest BCUT2D eigenvalue weighted by Crippen LogP contribution is 2.35. The van der Waals surface area contributed by atoms with Crippen LogP contribution in [0, 0.1) is 0 Å². The van der Waals surface area contributed by atoms with Crippen LogP contribution < -0.4 is 0 Å². The van der Waals surface area contributed by atoms with E-state index in [0.29, 0.717) is 5.56 Å². The minimum absolute atomic E-state index is 0.218. The van der Waals surface area contributed by atoms with Gasteiger partial charge in [-0.25, -0.2) is 4.79 Å². The minimum atomic E-state index is -0.250. The van der Waals surface area contributed by atoms with Gasteiger partial charge >= 0.3 is 5.97 Å². The summed E-state index contributed by atoms with van der Waals surface area (Å²) in [6, 6.07) is 16.0. The van der Waals surface area contributed by atoms with Crippen molar-refractivity contribution in [1.82, 2.24) is 0 Å². The minimum Gasteiger partial charge on any atom is -0.449 e. The summed E-state index contributed by atoms with van der Waals surface area (Å²) in [5.41, 5.74) is 4.04. The number of unbranched alkanes of at least 4 members (excludes halogenated alkanes) is 1. The van der Waals surface area contributed by atoms with Crippen molar-refractivity contribution in [1.29, 1.82) is 0 Å². The van der Waals surface area contributed by atoms with Crippen molar-refractivity contribution in [2.24, 2.45) is 0 Å². The number of aryl methyl sites for hydroxylation is 1. The highest BCUT2D eigenvalue weighted by molar-refractivity contribution is 5.94. The largest absolute Gasteiger partial charge is 0.449 e. The maximum atomic E-state index is 11.9. The zero-order valence-electron chi connectivity index (χ0n) is 11.6. The molecule has 0 aromatic heterocycles. The van der Waals surface area contributed by atoms with E-state index in [-0.39, 0.29) is 12.1 Å². The fraction of sp³-hybridized carbons (Fsp3) is 0.278. The fourth-order valence-corrected chi connectivity index (χ4v) is 2.69. The molecule has 1 heterocycles. The smallest absolute Gasteiger partial charge is 0.339 e. The number of carbonyl (C=O) groups is 1. The van der Waals surface area contributed by atoms with E-state index in [1.54, 1.807) is 0 Å². The molecule has 1 aliphatic rings. The second-order valence-corrected chi connectivity index (χ2v) is 5.22. The Morgan fingerprint density at radius 1 is 1.10 bits per heavy atom. The lowest BCUT2D eigenvalue weighted by atomic mass is 9.97. The van der Waals surface area contributed by atoms with Gasteiger partial charge in [-0.1, -0.05) is 55.8 Å². The van der Waals surface area contributed by atoms with Crippen molar-refractivity contribution >= 4 is 5.97 Å². The highest BCUT2D eigenvalue weighted by atomic mass is 16.5. The molecular formula is C18H18O2. The molecule has 0 radical (unpaired) electrons. The van der Waals surface area contributed by atoms with E-state index in [9.17, 15) is 4.79 Å². The molecule has 2 nitrogen and oxygen atoms in total. The summed E-state index contributed by atoms with van der Waals surface area (Å²) in [5.74, 6) is -0.218. The number of rotatable bonds is 4. The van der Waals surface area contributed by atoms with Crippen molar-refractivity contribution < 1.29 is 9.53 Å². The third-order valence-electron chi connectivity index (χ3n) is 3.76. The fourth-order valence-electron chi connectivity index (χ4n) is 2.69. The quantitative estimate of drug-likeness (QED) is 0.772. The van der Waals surface area contributed by atoms with E-state index in [4.69, 9.17) is 4.74 Å². The number of benzene rings is 2. The van der Waals surface area contributed by atoms with Crippen molar-refractivity contribution in [3.8, 4) is 0 Å². The average Bonchev–Trinajstić information content (AvgIpc) is 2.83. The van der Waals surface area contributed by atoms with E-state index in [0.717, 1.165) is 17.5 Å². The summed E-state index contributed by atoms with van der Waals surface area (Å²) in [4.78, 5) is 11.9. The second-order valence-electron chi connectivity index (χ2n) is 5.22. The van der Waals surface area contributed by atoms with Crippen LogP contribution in [-0.2, 0) is 11.2 Å². The number of carbonyl (C=O) groups excluding carboxylic acids is 1. The summed E-state index contributed by atoms with van der Waals surface area (Å²) in [7, 11) is 0. The Labute approximate surface area is 119 Å². The molecule has 3 rings (SSSR count). The van der Waals surface area contributed by atoms with Crippen molar-refractivity contribution in [3.63, 3.8) is 0 Å². The molecule has 20 heavy (non-hydrogen) atoms. The molecule has 2 aromatic carbocycles. The van der Waals surface area contributed by atoms with Gasteiger partial charge in [0.15, 0.2) is 6.10 Å². The second kappa shape index (κ2) is 5.49. The van der Waals surface area contributed by atoms with Gasteiger partial charge in [0, 0.05) is 5.56 Å². The van der Waals surface area contributed by atoms with E-state index in [1.807, 2.05) is 30.3 Å². The summed E-state index contributed by atoms with van der Waals surface area (Å²) in [6.07, 6.45) is 3.20. The van der Waals surface area contributed by atoms with Gasteiger partial charge in [-0.05, 0) is 30.0 Å². The van der Waals surface area contributed by atoms with Gasteiger partial charge in [-0.3, -0.25) is 0 Å². The molecule has 1 atom stereocenters. The highest BCUT2D eigenvalue weighted by Gasteiger charge is 2.31. The number of esters is 1. The number of cyclic esters (lactones) is 1. The number of hydrogen-bond acceptors (Lipinski definition) is 2. The summed E-state index contributed by atoms with van der Waals surface area (Å²) >= 11 is 0. The molecule has 1 unspecified atom stereocenters. The van der Waals surface area contributed by atoms with Crippen LogP contribution >= 0.6 is 0 Å². The Balaban J connectivity index is 1.93. The maximum Gasteiger partial charge on any atom is 0.339 e. The molecule has 0 fully saturated rings. The van der Waals surface area contributed by atoms with Gasteiger partial charge in [0.25, 0.3) is 0 Å². The van der Waals surface area contributed by atoms with Gasteiger partial charge in [-0.15, -0.1) is 0 Å². The van der Waals surface area contributed by atoms with Gasteiger partial charge in [0.1, 0.15) is 0 Å². The predicted octanol–water partition coefficient (Wildman–Crippen LogP) is 4.29. The van der Waals surface area contributed by atoms with Gasteiger partial charge in [0.2, 0.25) is 0 Å². The van der Waals surface area contributed by atoms with Crippen molar-refractivity contribution in [3.05, 3.63) is 70.8 Å². The maximum absolute atomic E-state index is 11.9. The molecule has 0 spiro atoms. The zero-order valence-corrected chi connectivity index (χ0v) is 11.6. The molecule has 102 valence electrons. The Bertz CT molecular complexity index is 631. The lowest BCUT2D eigenvalue weighted by Gasteiger charge is -2.12. The van der Waals surface area contributed by atoms with E-state index >= 15 is 0 Å². The first kappa shape index (κ1) is 12.9. The van der Waals surface area contributed by atoms with E-state index in [2.05, 4.69) is 25.1 Å². The van der Waals surface area contributed by atoms with Crippen LogP contribution in [0.25, 0.3) is 0 Å². The molecule has 2 aromatic rings. The Morgan fingerprint density at radius 2 is 1.95 bits per heavy atom. The Hall–Kier alpha value is -2.09. The summed E-state index contributed by atoms with van der Waals surface area (Å²) in [5, 5.41) is 0. The lowest BCUT2D eigenvalue weighted by molar-refractivity contribution is 0.0455. The SMILES string of the molecule is CCCCc1cccc(C2OC(=O)c3ccccc32)c1. The topological polar surface area (TPSA) is 26.3 Å². The predicted molar refractivity (Wildman–Crippen MR) is 78.8 cm³/mol. The van der Waals surface area contributed by atoms with Gasteiger partial charge in [0.05, 0.1) is 5.56 Å². The monoisotopic (exact) mass is 266 g/mol. The van der Waals surface area contributed by atoms with Gasteiger partial charge < -0.3 is 4.74 Å². The number of hydrogen-bond donors (Lipinski definition) is 0. The summed E-state index contributed by atoms with van der Waals surface area (Å²) < 4.78 is 5.54. The van der Waals surface area contributed by atoms with Crippen molar-refractivity contribution in [2.45, 2.75) is 32.3 Å². The molecule has 0 amide bonds. The number of ether oxygens (including phenoxy) is 1. The van der Waals surface area contributed by atoms with E-state index in [1.165, 1.54) is 18.4 Å². The van der Waals surface area contributed by atoms with Crippen LogP contribution in [0.5, 0.6) is 0 Å². The normalized spacial score (nSPS) is 16.9. The standard InChI is InChI=1S/C18H18O2/c1-2-3-7-13-8-6-9-14(12-13)17-15-10-4-5-11-16(15)18(19)20-17/h4-6,8-12,17H,2-3,7H2,1H3. The Kier molecular flexibility index (Phi) is 3.55. The van der Waals surface area contributed by atoms with Crippen molar-refractivity contribution in [2.75, 3.05) is 0 Å². The molecule has 0 aliphatic carbocycles. The van der Waals surface area contributed by atoms with Crippen LogP contribution in [-0.4, -0.2) is 5.97 Å². The molecule has 0 bridgehead atoms. The molecule has 2 heteroatoms. The molecule has 1 aliphatic heterocycles. The summed E-state index contributed by atoms with van der Waals surface area (Å²) in [6.45, 7) is 2.19. The van der Waals surface area contributed by atoms with Crippen LogP contribution in [0.3, 0.4) is 0 Å². The third kappa shape index (κ3) is 2.34. The van der Waals surface area contributed by atoms with Gasteiger partial charge in [-0.2, -0.15) is 0 Å². The van der Waals surface area contributed by atoms with Crippen LogP contribution in [0.1, 0.15) is 52.9 Å². The first-order chi connectivity index (χ1) is 9.79. The molecular weight excluding hydrogens is 248 g/mol. The zero-order chi connectivity index (χ0) is 13.9. The van der Waals surface area contributed by atoms with E-state index < -0.39 is 0 Å². The third-order valence-corrected chi connectivity index (χ3v) is 3.76. The molecule has 0 N–H and O–H groups in total. The molecule has 0 saturated heterocycles. The lowest BCUT2D eigenvalue weighted by Crippen LogP contribution is -2.01. The van der Waals surface area contributed by atoms with Crippen LogP contribution in [0.15, 0.2) is 48.5 Å². The molecule has 0 saturated carbocycles. The first-order valence-electron chi connectivity index (χ1n) is 7.18. The van der Waals surface area contributed by atoms with Crippen LogP contribution in [0.2, 0.25) is 0 Å². The Morgan fingerprint density at radius 3 is 2.80 bits per heavy atom. The first-order valence-corrected chi connectivity index (χ1v) is 7.18. The van der Waals surface area contributed by atoms with Crippen LogP contribution in [0.4, 0.5) is 0 Å². The average molecular weight is 266 g/mol. The number of fused-ring (bicyclic) bond motifs is 1.